The Bertz CT molecular complexity index is 885. The van der Waals surface area contributed by atoms with Crippen molar-refractivity contribution in [2.24, 2.45) is 0 Å². The van der Waals surface area contributed by atoms with Gasteiger partial charge < -0.3 is 9.47 Å². The smallest absolute Gasteiger partial charge is 0.276 e. The summed E-state index contributed by atoms with van der Waals surface area (Å²) in [6, 6.07) is 14.4. The van der Waals surface area contributed by atoms with Gasteiger partial charge in [0.1, 0.15) is 11.5 Å². The number of hydrogen-bond acceptors (Lipinski definition) is 6. The van der Waals surface area contributed by atoms with Crippen LogP contribution in [0.15, 0.2) is 48.5 Å². The molecule has 4 N–H and O–H groups in total. The monoisotopic (exact) mass is 442 g/mol. The standard InChI is InChI=1S/C22H26N4O6/c1-15-5-3-7-17(11-15)31-13-21(29)25-23-19(27)9-10-20(28)24-26-22(30)14-32-18-8-4-6-16(2)12-18/h3-8,11-12H,9-10,13-14H2,1-2H3,(H,23,27)(H,24,28)(H,25,29)(H,26,30). The first-order chi connectivity index (χ1) is 15.3. The van der Waals surface area contributed by atoms with Gasteiger partial charge in [-0.05, 0) is 49.2 Å². The molecule has 0 radical (unpaired) electrons. The fourth-order valence-corrected chi connectivity index (χ4v) is 2.41. The van der Waals surface area contributed by atoms with E-state index in [2.05, 4.69) is 21.7 Å². The second-order valence-electron chi connectivity index (χ2n) is 6.90. The molecule has 0 saturated heterocycles. The van der Waals surface area contributed by atoms with Crippen molar-refractivity contribution in [2.45, 2.75) is 26.7 Å². The summed E-state index contributed by atoms with van der Waals surface area (Å²) in [6.45, 7) is 3.24. The summed E-state index contributed by atoms with van der Waals surface area (Å²) in [5.41, 5.74) is 10.7. The maximum atomic E-state index is 11.7. The van der Waals surface area contributed by atoms with Crippen LogP contribution in [0.25, 0.3) is 0 Å². The van der Waals surface area contributed by atoms with Crippen LogP contribution in [0.1, 0.15) is 24.0 Å². The molecule has 0 bridgehead atoms. The number of carbonyl (C=O) groups is 4. The molecule has 10 nitrogen and oxygen atoms in total. The number of rotatable bonds is 9. The molecule has 2 rings (SSSR count). The van der Waals surface area contributed by atoms with Crippen LogP contribution in [-0.2, 0) is 19.2 Å². The van der Waals surface area contributed by atoms with Gasteiger partial charge in [0.2, 0.25) is 11.8 Å². The minimum atomic E-state index is -0.571. The third-order valence-corrected chi connectivity index (χ3v) is 3.98. The Morgan fingerprint density at radius 1 is 0.625 bits per heavy atom. The number of amides is 4. The molecule has 4 amide bonds. The number of carbonyl (C=O) groups excluding carboxylic acids is 4. The third-order valence-electron chi connectivity index (χ3n) is 3.98. The lowest BCUT2D eigenvalue weighted by atomic mass is 10.2. The van der Waals surface area contributed by atoms with Crippen molar-refractivity contribution in [1.29, 1.82) is 0 Å². The number of hydrazine groups is 2. The fraction of sp³-hybridized carbons (Fsp3) is 0.273. The topological polar surface area (TPSA) is 135 Å². The summed E-state index contributed by atoms with van der Waals surface area (Å²) in [5.74, 6) is -1.17. The maximum Gasteiger partial charge on any atom is 0.276 e. The van der Waals surface area contributed by atoms with Crippen molar-refractivity contribution in [3.05, 3.63) is 59.7 Å². The second-order valence-corrected chi connectivity index (χ2v) is 6.90. The first kappa shape index (κ1) is 24.2. The largest absolute Gasteiger partial charge is 0.484 e. The zero-order valence-electron chi connectivity index (χ0n) is 17.9. The van der Waals surface area contributed by atoms with E-state index in [1.165, 1.54) is 0 Å². The van der Waals surface area contributed by atoms with Crippen LogP contribution in [0.2, 0.25) is 0 Å². The minimum Gasteiger partial charge on any atom is -0.484 e. The van der Waals surface area contributed by atoms with Gasteiger partial charge in [0.25, 0.3) is 11.8 Å². The molecule has 2 aromatic rings. The van der Waals surface area contributed by atoms with E-state index in [4.69, 9.17) is 9.47 Å². The number of ether oxygens (including phenoxy) is 2. The number of aryl methyl sites for hydroxylation is 2. The molecule has 10 heteroatoms. The summed E-state index contributed by atoms with van der Waals surface area (Å²) < 4.78 is 10.6. The Balaban J connectivity index is 1.55. The number of benzene rings is 2. The third kappa shape index (κ3) is 9.61. The van der Waals surface area contributed by atoms with Gasteiger partial charge in [-0.25, -0.2) is 0 Å². The minimum absolute atomic E-state index is 0.194. The molecule has 0 aliphatic carbocycles. The van der Waals surface area contributed by atoms with Crippen LogP contribution in [0, 0.1) is 13.8 Å². The van der Waals surface area contributed by atoms with Crippen molar-refractivity contribution in [1.82, 2.24) is 21.7 Å². The van der Waals surface area contributed by atoms with E-state index < -0.39 is 23.6 Å². The lowest BCUT2D eigenvalue weighted by Gasteiger charge is -2.10. The predicted octanol–water partition coefficient (Wildman–Crippen LogP) is 0.836. The molecule has 170 valence electrons. The Morgan fingerprint density at radius 2 is 1.00 bits per heavy atom. The van der Waals surface area contributed by atoms with Gasteiger partial charge in [-0.3, -0.25) is 40.9 Å². The van der Waals surface area contributed by atoms with Crippen molar-refractivity contribution in [3.8, 4) is 11.5 Å². The van der Waals surface area contributed by atoms with Crippen LogP contribution < -0.4 is 31.2 Å². The Kier molecular flexibility index (Phi) is 9.51. The molecule has 0 heterocycles. The summed E-state index contributed by atoms with van der Waals surface area (Å²) in [5, 5.41) is 0. The average Bonchev–Trinajstić information content (AvgIpc) is 2.77. The summed E-state index contributed by atoms with van der Waals surface area (Å²) in [4.78, 5) is 46.9. The lowest BCUT2D eigenvalue weighted by Crippen LogP contribution is -2.45. The number of nitrogens with one attached hydrogen (secondary N) is 4. The van der Waals surface area contributed by atoms with Crippen molar-refractivity contribution < 1.29 is 28.7 Å². The number of hydrogen-bond donors (Lipinski definition) is 4. The molecule has 0 aromatic heterocycles. The van der Waals surface area contributed by atoms with Gasteiger partial charge in [-0.15, -0.1) is 0 Å². The van der Waals surface area contributed by atoms with Crippen LogP contribution in [0.3, 0.4) is 0 Å². The van der Waals surface area contributed by atoms with Crippen molar-refractivity contribution >= 4 is 23.6 Å². The molecule has 0 aliphatic heterocycles. The van der Waals surface area contributed by atoms with Crippen LogP contribution in [0.4, 0.5) is 0 Å². The first-order valence-electron chi connectivity index (χ1n) is 9.86. The van der Waals surface area contributed by atoms with E-state index in [0.29, 0.717) is 11.5 Å². The van der Waals surface area contributed by atoms with E-state index in [0.717, 1.165) is 11.1 Å². The molecule has 0 unspecified atom stereocenters. The molecule has 0 fully saturated rings. The highest BCUT2D eigenvalue weighted by Gasteiger charge is 2.10. The van der Waals surface area contributed by atoms with Gasteiger partial charge in [-0.2, -0.15) is 0 Å². The van der Waals surface area contributed by atoms with Gasteiger partial charge in [0.15, 0.2) is 13.2 Å². The zero-order valence-corrected chi connectivity index (χ0v) is 17.9. The SMILES string of the molecule is Cc1cccc(OCC(=O)NNC(=O)CCC(=O)NNC(=O)COc2cccc(C)c2)c1. The molecular weight excluding hydrogens is 416 g/mol. The Morgan fingerprint density at radius 3 is 1.38 bits per heavy atom. The normalized spacial score (nSPS) is 9.94. The molecule has 0 atom stereocenters. The van der Waals surface area contributed by atoms with E-state index in [1.807, 2.05) is 26.0 Å². The molecule has 2 aromatic carbocycles. The van der Waals surface area contributed by atoms with Gasteiger partial charge in [-0.1, -0.05) is 24.3 Å². The highest BCUT2D eigenvalue weighted by molar-refractivity contribution is 5.87. The fourth-order valence-electron chi connectivity index (χ4n) is 2.41. The maximum absolute atomic E-state index is 11.7. The van der Waals surface area contributed by atoms with Gasteiger partial charge >= 0.3 is 0 Å². The Hall–Kier alpha value is -4.08. The average molecular weight is 442 g/mol. The first-order valence-corrected chi connectivity index (χ1v) is 9.86. The highest BCUT2D eigenvalue weighted by atomic mass is 16.5. The summed E-state index contributed by atoms with van der Waals surface area (Å²) in [7, 11) is 0. The van der Waals surface area contributed by atoms with Crippen LogP contribution in [0.5, 0.6) is 11.5 Å². The van der Waals surface area contributed by atoms with E-state index in [1.54, 1.807) is 36.4 Å². The van der Waals surface area contributed by atoms with Gasteiger partial charge in [0.05, 0.1) is 0 Å². The summed E-state index contributed by atoms with van der Waals surface area (Å²) >= 11 is 0. The highest BCUT2D eigenvalue weighted by Crippen LogP contribution is 2.12. The molecule has 0 spiro atoms. The van der Waals surface area contributed by atoms with Crippen LogP contribution in [-0.4, -0.2) is 36.8 Å². The van der Waals surface area contributed by atoms with Crippen molar-refractivity contribution in [3.63, 3.8) is 0 Å². The van der Waals surface area contributed by atoms with E-state index in [-0.39, 0.29) is 26.1 Å². The van der Waals surface area contributed by atoms with Gasteiger partial charge in [0, 0.05) is 12.8 Å². The predicted molar refractivity (Wildman–Crippen MR) is 115 cm³/mol. The van der Waals surface area contributed by atoms with Crippen LogP contribution >= 0.6 is 0 Å². The molecule has 32 heavy (non-hydrogen) atoms. The zero-order chi connectivity index (χ0) is 23.3. The lowest BCUT2D eigenvalue weighted by molar-refractivity contribution is -0.132. The summed E-state index contributed by atoms with van der Waals surface area (Å²) in [6.07, 6.45) is -0.388. The van der Waals surface area contributed by atoms with E-state index in [9.17, 15) is 19.2 Å². The molecule has 0 aliphatic rings. The Labute approximate surface area is 185 Å². The molecular formula is C22H26N4O6. The quantitative estimate of drug-likeness (QED) is 0.425. The second kappa shape index (κ2) is 12.6. The van der Waals surface area contributed by atoms with E-state index >= 15 is 0 Å². The molecule has 0 saturated carbocycles. The van der Waals surface area contributed by atoms with Crippen molar-refractivity contribution in [2.75, 3.05) is 13.2 Å².